The highest BCUT2D eigenvalue weighted by atomic mass is 16.5. The van der Waals surface area contributed by atoms with E-state index in [1.807, 2.05) is 6.07 Å². The normalized spacial score (nSPS) is 14.3. The second-order valence-electron chi connectivity index (χ2n) is 5.16. The van der Waals surface area contributed by atoms with Gasteiger partial charge in [-0.2, -0.15) is 0 Å². The molecule has 1 aliphatic rings. The zero-order chi connectivity index (χ0) is 13.7. The lowest BCUT2D eigenvalue weighted by Crippen LogP contribution is -2.26. The van der Waals surface area contributed by atoms with Crippen molar-refractivity contribution in [3.05, 3.63) is 23.8 Å². The van der Waals surface area contributed by atoms with Crippen molar-refractivity contribution in [1.29, 1.82) is 0 Å². The third kappa shape index (κ3) is 3.96. The Kier molecular flexibility index (Phi) is 4.80. The standard InChI is InChI=1S/C15H21NO3/c1-11(2)9-16-10-13(17)12-4-5-14-15(8-12)19-7-3-6-18-14/h4-5,8,11,16H,3,6-7,9-10H2,1-2H3. The highest BCUT2D eigenvalue weighted by Crippen LogP contribution is 2.30. The fraction of sp³-hybridized carbons (Fsp3) is 0.533. The highest BCUT2D eigenvalue weighted by Gasteiger charge is 2.13. The summed E-state index contributed by atoms with van der Waals surface area (Å²) in [6, 6.07) is 5.39. The number of ether oxygens (including phenoxy) is 2. The van der Waals surface area contributed by atoms with Crippen molar-refractivity contribution in [3.63, 3.8) is 0 Å². The second-order valence-corrected chi connectivity index (χ2v) is 5.16. The Morgan fingerprint density at radius 2 is 2.00 bits per heavy atom. The Balaban J connectivity index is 2.00. The molecule has 2 rings (SSSR count). The second kappa shape index (κ2) is 6.57. The number of carbonyl (C=O) groups is 1. The molecule has 0 bridgehead atoms. The summed E-state index contributed by atoms with van der Waals surface area (Å²) in [6.07, 6.45) is 0.869. The van der Waals surface area contributed by atoms with E-state index in [9.17, 15) is 4.79 Å². The predicted molar refractivity (Wildman–Crippen MR) is 74.1 cm³/mol. The molecule has 0 aliphatic carbocycles. The topological polar surface area (TPSA) is 47.6 Å². The third-order valence-corrected chi connectivity index (χ3v) is 2.91. The number of Topliss-reactive ketones (excluding diaryl/α,β-unsaturated/α-hetero) is 1. The number of rotatable bonds is 5. The Hall–Kier alpha value is -1.55. The molecule has 1 N–H and O–H groups in total. The first-order chi connectivity index (χ1) is 9.16. The fourth-order valence-corrected chi connectivity index (χ4v) is 1.91. The molecule has 104 valence electrons. The smallest absolute Gasteiger partial charge is 0.176 e. The van der Waals surface area contributed by atoms with Gasteiger partial charge in [0.05, 0.1) is 19.8 Å². The van der Waals surface area contributed by atoms with Crippen LogP contribution in [0.2, 0.25) is 0 Å². The molecule has 0 fully saturated rings. The average molecular weight is 263 g/mol. The summed E-state index contributed by atoms with van der Waals surface area (Å²) >= 11 is 0. The summed E-state index contributed by atoms with van der Waals surface area (Å²) in [7, 11) is 0. The van der Waals surface area contributed by atoms with E-state index in [0.717, 1.165) is 18.7 Å². The molecule has 0 atom stereocenters. The monoisotopic (exact) mass is 263 g/mol. The Morgan fingerprint density at radius 3 is 2.74 bits per heavy atom. The van der Waals surface area contributed by atoms with Crippen molar-refractivity contribution >= 4 is 5.78 Å². The van der Waals surface area contributed by atoms with Gasteiger partial charge in [0.1, 0.15) is 0 Å². The molecule has 1 heterocycles. The van der Waals surface area contributed by atoms with Gasteiger partial charge in [-0.3, -0.25) is 4.79 Å². The van der Waals surface area contributed by atoms with Gasteiger partial charge in [0, 0.05) is 12.0 Å². The number of nitrogens with one attached hydrogen (secondary N) is 1. The molecular formula is C15H21NO3. The van der Waals surface area contributed by atoms with Gasteiger partial charge in [-0.05, 0) is 30.7 Å². The first-order valence-electron chi connectivity index (χ1n) is 6.80. The molecule has 0 amide bonds. The summed E-state index contributed by atoms with van der Waals surface area (Å²) in [5, 5.41) is 3.15. The number of fused-ring (bicyclic) bond motifs is 1. The van der Waals surface area contributed by atoms with Crippen molar-refractivity contribution < 1.29 is 14.3 Å². The predicted octanol–water partition coefficient (Wildman–Crippen LogP) is 2.28. The van der Waals surface area contributed by atoms with Crippen LogP contribution >= 0.6 is 0 Å². The van der Waals surface area contributed by atoms with Crippen LogP contribution in [0.15, 0.2) is 18.2 Å². The molecular weight excluding hydrogens is 242 g/mol. The van der Waals surface area contributed by atoms with Gasteiger partial charge in [-0.25, -0.2) is 0 Å². The van der Waals surface area contributed by atoms with Crippen LogP contribution in [-0.2, 0) is 0 Å². The molecule has 0 saturated carbocycles. The van der Waals surface area contributed by atoms with E-state index in [0.29, 0.717) is 37.0 Å². The summed E-state index contributed by atoms with van der Waals surface area (Å²) in [5.41, 5.74) is 0.667. The molecule has 1 aromatic carbocycles. The largest absolute Gasteiger partial charge is 0.490 e. The minimum Gasteiger partial charge on any atom is -0.490 e. The number of benzene rings is 1. The highest BCUT2D eigenvalue weighted by molar-refractivity contribution is 5.98. The lowest BCUT2D eigenvalue weighted by atomic mass is 10.1. The van der Waals surface area contributed by atoms with Crippen molar-refractivity contribution in [1.82, 2.24) is 5.32 Å². The molecule has 4 heteroatoms. The molecule has 0 aromatic heterocycles. The van der Waals surface area contributed by atoms with Crippen molar-refractivity contribution in [2.75, 3.05) is 26.3 Å². The lowest BCUT2D eigenvalue weighted by molar-refractivity contribution is 0.0990. The number of carbonyl (C=O) groups excluding carboxylic acids is 1. The number of hydrogen-bond donors (Lipinski definition) is 1. The summed E-state index contributed by atoms with van der Waals surface area (Å²) in [5.74, 6) is 2.02. The Morgan fingerprint density at radius 1 is 1.26 bits per heavy atom. The van der Waals surface area contributed by atoms with E-state index in [1.165, 1.54) is 0 Å². The number of hydrogen-bond acceptors (Lipinski definition) is 4. The van der Waals surface area contributed by atoms with E-state index in [4.69, 9.17) is 9.47 Å². The van der Waals surface area contributed by atoms with Gasteiger partial charge in [0.15, 0.2) is 17.3 Å². The maximum atomic E-state index is 12.0. The van der Waals surface area contributed by atoms with Crippen LogP contribution in [0.3, 0.4) is 0 Å². The van der Waals surface area contributed by atoms with E-state index >= 15 is 0 Å². The minimum atomic E-state index is 0.0799. The summed E-state index contributed by atoms with van der Waals surface area (Å²) in [4.78, 5) is 12.0. The Bertz CT molecular complexity index is 443. The molecule has 1 aliphatic heterocycles. The van der Waals surface area contributed by atoms with Crippen molar-refractivity contribution in [2.45, 2.75) is 20.3 Å². The van der Waals surface area contributed by atoms with Crippen LogP contribution in [0.25, 0.3) is 0 Å². The van der Waals surface area contributed by atoms with Crippen LogP contribution in [-0.4, -0.2) is 32.1 Å². The van der Waals surface area contributed by atoms with Gasteiger partial charge in [-0.15, -0.1) is 0 Å². The van der Waals surface area contributed by atoms with E-state index < -0.39 is 0 Å². The van der Waals surface area contributed by atoms with Gasteiger partial charge in [0.25, 0.3) is 0 Å². The maximum Gasteiger partial charge on any atom is 0.176 e. The van der Waals surface area contributed by atoms with Gasteiger partial charge in [0.2, 0.25) is 0 Å². The van der Waals surface area contributed by atoms with Crippen molar-refractivity contribution in [3.8, 4) is 11.5 Å². The first kappa shape index (κ1) is 13.9. The van der Waals surface area contributed by atoms with Crippen molar-refractivity contribution in [2.24, 2.45) is 5.92 Å². The van der Waals surface area contributed by atoms with Crippen LogP contribution in [0.5, 0.6) is 11.5 Å². The van der Waals surface area contributed by atoms with E-state index in [-0.39, 0.29) is 5.78 Å². The molecule has 0 spiro atoms. The quantitative estimate of drug-likeness (QED) is 0.828. The van der Waals surface area contributed by atoms with Crippen LogP contribution < -0.4 is 14.8 Å². The molecule has 0 radical (unpaired) electrons. The van der Waals surface area contributed by atoms with Gasteiger partial charge in [-0.1, -0.05) is 13.8 Å². The SMILES string of the molecule is CC(C)CNCC(=O)c1ccc2c(c1)OCCCO2. The van der Waals surface area contributed by atoms with Gasteiger partial charge >= 0.3 is 0 Å². The van der Waals surface area contributed by atoms with Gasteiger partial charge < -0.3 is 14.8 Å². The maximum absolute atomic E-state index is 12.0. The fourth-order valence-electron chi connectivity index (χ4n) is 1.91. The summed E-state index contributed by atoms with van der Waals surface area (Å²) < 4.78 is 11.1. The molecule has 1 aromatic rings. The zero-order valence-corrected chi connectivity index (χ0v) is 11.6. The molecule has 4 nitrogen and oxygen atoms in total. The van der Waals surface area contributed by atoms with E-state index in [1.54, 1.807) is 12.1 Å². The lowest BCUT2D eigenvalue weighted by Gasteiger charge is -2.10. The molecule has 0 saturated heterocycles. The van der Waals surface area contributed by atoms with Crippen LogP contribution in [0.4, 0.5) is 0 Å². The minimum absolute atomic E-state index is 0.0799. The Labute approximate surface area is 114 Å². The van der Waals surface area contributed by atoms with E-state index in [2.05, 4.69) is 19.2 Å². The molecule has 0 unspecified atom stereocenters. The third-order valence-electron chi connectivity index (χ3n) is 2.91. The summed E-state index contributed by atoms with van der Waals surface area (Å²) in [6.45, 7) is 6.73. The van der Waals surface area contributed by atoms with Crippen LogP contribution in [0, 0.1) is 5.92 Å². The zero-order valence-electron chi connectivity index (χ0n) is 11.6. The first-order valence-corrected chi connectivity index (χ1v) is 6.80. The number of ketones is 1. The average Bonchev–Trinajstić information content (AvgIpc) is 2.62. The molecule has 19 heavy (non-hydrogen) atoms. The van der Waals surface area contributed by atoms with Crippen LogP contribution in [0.1, 0.15) is 30.6 Å².